The number of carbonyl (C=O) groups is 1. The van der Waals surface area contributed by atoms with Gasteiger partial charge in [0.15, 0.2) is 5.16 Å². The molecular formula is C20H21N3O2S. The van der Waals surface area contributed by atoms with Crippen molar-refractivity contribution in [2.45, 2.75) is 25.2 Å². The second-order valence-electron chi connectivity index (χ2n) is 5.99. The van der Waals surface area contributed by atoms with E-state index in [0.717, 1.165) is 5.56 Å². The van der Waals surface area contributed by atoms with Crippen LogP contribution in [-0.2, 0) is 17.9 Å². The molecule has 0 radical (unpaired) electrons. The van der Waals surface area contributed by atoms with E-state index in [1.165, 1.54) is 11.8 Å². The van der Waals surface area contributed by atoms with Crippen molar-refractivity contribution in [1.29, 1.82) is 0 Å². The van der Waals surface area contributed by atoms with E-state index in [9.17, 15) is 9.59 Å². The molecule has 3 aromatic rings. The van der Waals surface area contributed by atoms with Crippen molar-refractivity contribution < 1.29 is 4.79 Å². The van der Waals surface area contributed by atoms with E-state index in [2.05, 4.69) is 4.98 Å². The third kappa shape index (κ3) is 3.96. The van der Waals surface area contributed by atoms with Crippen LogP contribution in [0, 0.1) is 0 Å². The highest BCUT2D eigenvalue weighted by Gasteiger charge is 2.14. The molecule has 26 heavy (non-hydrogen) atoms. The van der Waals surface area contributed by atoms with Gasteiger partial charge in [0, 0.05) is 20.1 Å². The zero-order chi connectivity index (χ0) is 18.5. The Labute approximate surface area is 156 Å². The number of fused-ring (bicyclic) bond motifs is 1. The largest absolute Gasteiger partial charge is 0.341 e. The van der Waals surface area contributed by atoms with Crippen LogP contribution in [0.3, 0.4) is 0 Å². The lowest BCUT2D eigenvalue weighted by Crippen LogP contribution is -2.28. The van der Waals surface area contributed by atoms with Crippen molar-refractivity contribution >= 4 is 28.6 Å². The summed E-state index contributed by atoms with van der Waals surface area (Å²) in [6.07, 6.45) is 0. The molecule has 0 fully saturated rings. The SMILES string of the molecule is CCn1c(SCC(=O)N(C)Cc2ccccc2)nc2ccccc2c1=O. The molecule has 0 unspecified atom stereocenters. The molecule has 0 atom stereocenters. The first-order chi connectivity index (χ1) is 12.6. The van der Waals surface area contributed by atoms with E-state index in [0.29, 0.717) is 29.1 Å². The molecule has 3 rings (SSSR count). The normalized spacial score (nSPS) is 10.8. The van der Waals surface area contributed by atoms with E-state index >= 15 is 0 Å². The smallest absolute Gasteiger partial charge is 0.262 e. The van der Waals surface area contributed by atoms with Crippen LogP contribution in [0.25, 0.3) is 10.9 Å². The lowest BCUT2D eigenvalue weighted by molar-refractivity contribution is -0.127. The van der Waals surface area contributed by atoms with Crippen molar-refractivity contribution in [2.24, 2.45) is 0 Å². The summed E-state index contributed by atoms with van der Waals surface area (Å²) >= 11 is 1.31. The van der Waals surface area contributed by atoms with Crippen LogP contribution in [0.1, 0.15) is 12.5 Å². The molecule has 0 N–H and O–H groups in total. The maximum atomic E-state index is 12.6. The van der Waals surface area contributed by atoms with E-state index in [1.807, 2.05) is 55.5 Å². The molecule has 0 aliphatic rings. The minimum atomic E-state index is -0.0642. The monoisotopic (exact) mass is 367 g/mol. The summed E-state index contributed by atoms with van der Waals surface area (Å²) in [5.74, 6) is 0.248. The van der Waals surface area contributed by atoms with Gasteiger partial charge >= 0.3 is 0 Å². The molecule has 134 valence electrons. The van der Waals surface area contributed by atoms with Gasteiger partial charge in [-0.2, -0.15) is 0 Å². The highest BCUT2D eigenvalue weighted by Crippen LogP contribution is 2.18. The lowest BCUT2D eigenvalue weighted by atomic mass is 10.2. The van der Waals surface area contributed by atoms with Gasteiger partial charge < -0.3 is 4.90 Å². The Bertz CT molecular complexity index is 970. The van der Waals surface area contributed by atoms with E-state index in [1.54, 1.807) is 22.6 Å². The summed E-state index contributed by atoms with van der Waals surface area (Å²) in [5.41, 5.74) is 1.68. The Kier molecular flexibility index (Phi) is 5.73. The van der Waals surface area contributed by atoms with E-state index < -0.39 is 0 Å². The first-order valence-corrected chi connectivity index (χ1v) is 9.49. The second kappa shape index (κ2) is 8.19. The van der Waals surface area contributed by atoms with Crippen molar-refractivity contribution in [3.8, 4) is 0 Å². The zero-order valence-corrected chi connectivity index (χ0v) is 15.7. The van der Waals surface area contributed by atoms with Gasteiger partial charge in [0.2, 0.25) is 5.91 Å². The molecule has 1 heterocycles. The highest BCUT2D eigenvalue weighted by molar-refractivity contribution is 7.99. The van der Waals surface area contributed by atoms with Gasteiger partial charge in [0.05, 0.1) is 16.7 Å². The Morgan fingerprint density at radius 1 is 1.12 bits per heavy atom. The molecule has 0 bridgehead atoms. The molecule has 0 aliphatic carbocycles. The number of benzene rings is 2. The average molecular weight is 367 g/mol. The Morgan fingerprint density at radius 2 is 1.81 bits per heavy atom. The molecule has 5 nitrogen and oxygen atoms in total. The van der Waals surface area contributed by atoms with Crippen molar-refractivity contribution in [1.82, 2.24) is 14.5 Å². The third-order valence-electron chi connectivity index (χ3n) is 4.16. The number of para-hydroxylation sites is 1. The molecule has 1 aromatic heterocycles. The standard InChI is InChI=1S/C20H21N3O2S/c1-3-23-19(25)16-11-7-8-12-17(16)21-20(23)26-14-18(24)22(2)13-15-9-5-4-6-10-15/h4-12H,3,13-14H2,1-2H3. The molecule has 2 aromatic carbocycles. The van der Waals surface area contributed by atoms with Crippen molar-refractivity contribution in [3.63, 3.8) is 0 Å². The second-order valence-corrected chi connectivity index (χ2v) is 6.93. The number of amides is 1. The number of aromatic nitrogens is 2. The summed E-state index contributed by atoms with van der Waals surface area (Å²) in [7, 11) is 1.79. The van der Waals surface area contributed by atoms with Crippen molar-refractivity contribution in [2.75, 3.05) is 12.8 Å². The lowest BCUT2D eigenvalue weighted by Gasteiger charge is -2.17. The number of carbonyl (C=O) groups excluding carboxylic acids is 1. The summed E-state index contributed by atoms with van der Waals surface area (Å²) in [5, 5.41) is 1.18. The number of thioether (sulfide) groups is 1. The highest BCUT2D eigenvalue weighted by atomic mass is 32.2. The quantitative estimate of drug-likeness (QED) is 0.496. The summed E-state index contributed by atoms with van der Waals surface area (Å²) < 4.78 is 1.62. The fraction of sp³-hybridized carbons (Fsp3) is 0.250. The van der Waals surface area contributed by atoms with Crippen molar-refractivity contribution in [3.05, 3.63) is 70.5 Å². The summed E-state index contributed by atoms with van der Waals surface area (Å²) in [6, 6.07) is 17.2. The van der Waals surface area contributed by atoms with Crippen LogP contribution in [0.5, 0.6) is 0 Å². The van der Waals surface area contributed by atoms with Gasteiger partial charge in [-0.1, -0.05) is 54.2 Å². The van der Waals surface area contributed by atoms with E-state index in [-0.39, 0.29) is 17.2 Å². The zero-order valence-electron chi connectivity index (χ0n) is 14.9. The van der Waals surface area contributed by atoms with E-state index in [4.69, 9.17) is 0 Å². The van der Waals surface area contributed by atoms with Gasteiger partial charge in [0.1, 0.15) is 0 Å². The molecular weight excluding hydrogens is 346 g/mol. The maximum absolute atomic E-state index is 12.6. The minimum Gasteiger partial charge on any atom is -0.341 e. The fourth-order valence-electron chi connectivity index (χ4n) is 2.72. The first-order valence-electron chi connectivity index (χ1n) is 8.50. The molecule has 0 aliphatic heterocycles. The average Bonchev–Trinajstić information content (AvgIpc) is 2.67. The van der Waals surface area contributed by atoms with Gasteiger partial charge in [-0.15, -0.1) is 0 Å². The van der Waals surface area contributed by atoms with Crippen LogP contribution < -0.4 is 5.56 Å². The third-order valence-corrected chi connectivity index (χ3v) is 5.12. The van der Waals surface area contributed by atoms with Crippen LogP contribution >= 0.6 is 11.8 Å². The van der Waals surface area contributed by atoms with Gasteiger partial charge in [-0.25, -0.2) is 4.98 Å². The number of nitrogens with zero attached hydrogens (tertiary/aromatic N) is 3. The summed E-state index contributed by atoms with van der Waals surface area (Å²) in [4.78, 5) is 31.3. The fourth-order valence-corrected chi connectivity index (χ4v) is 3.72. The van der Waals surface area contributed by atoms with Crippen LogP contribution in [0.2, 0.25) is 0 Å². The number of rotatable bonds is 6. The Balaban J connectivity index is 1.74. The Hall–Kier alpha value is -2.60. The Morgan fingerprint density at radius 3 is 2.54 bits per heavy atom. The van der Waals surface area contributed by atoms with Gasteiger partial charge in [-0.05, 0) is 24.6 Å². The first kappa shape index (κ1) is 18.2. The predicted octanol–water partition coefficient (Wildman–Crippen LogP) is 3.17. The summed E-state index contributed by atoms with van der Waals surface area (Å²) in [6.45, 7) is 2.99. The molecule has 0 saturated carbocycles. The minimum absolute atomic E-state index is 0.00362. The predicted molar refractivity (Wildman–Crippen MR) is 105 cm³/mol. The maximum Gasteiger partial charge on any atom is 0.262 e. The number of hydrogen-bond donors (Lipinski definition) is 0. The topological polar surface area (TPSA) is 55.2 Å². The molecule has 0 spiro atoms. The van der Waals surface area contributed by atoms with Gasteiger partial charge in [-0.3, -0.25) is 14.2 Å². The van der Waals surface area contributed by atoms with Crippen LogP contribution in [0.4, 0.5) is 0 Å². The molecule has 1 amide bonds. The van der Waals surface area contributed by atoms with Gasteiger partial charge in [0.25, 0.3) is 5.56 Å². The number of hydrogen-bond acceptors (Lipinski definition) is 4. The molecule has 6 heteroatoms. The van der Waals surface area contributed by atoms with Crippen LogP contribution in [0.15, 0.2) is 64.5 Å². The van der Waals surface area contributed by atoms with Crippen LogP contribution in [-0.4, -0.2) is 33.2 Å². The molecule has 0 saturated heterocycles.